The molecule has 12 heteroatoms. The first-order valence-corrected chi connectivity index (χ1v) is 17.2. The minimum atomic E-state index is -1.80. The highest BCUT2D eigenvalue weighted by atomic mass is 16.5. The molecule has 8 rings (SSSR count). The molecule has 2 saturated heterocycles. The van der Waals surface area contributed by atoms with Crippen LogP contribution in [0.1, 0.15) is 35.4 Å². The highest BCUT2D eigenvalue weighted by Crippen LogP contribution is 2.65. The van der Waals surface area contributed by atoms with Gasteiger partial charge in [-0.2, -0.15) is 5.01 Å². The molecule has 3 fully saturated rings. The first-order valence-electron chi connectivity index (χ1n) is 17.2. The fourth-order valence-electron chi connectivity index (χ4n) is 9.07. The van der Waals surface area contributed by atoms with Gasteiger partial charge in [0, 0.05) is 17.5 Å². The van der Waals surface area contributed by atoms with Crippen molar-refractivity contribution in [1.82, 2.24) is 5.01 Å². The van der Waals surface area contributed by atoms with E-state index in [9.17, 15) is 29.5 Å². The van der Waals surface area contributed by atoms with Crippen molar-refractivity contribution in [2.24, 2.45) is 23.7 Å². The van der Waals surface area contributed by atoms with Crippen molar-refractivity contribution in [1.29, 1.82) is 0 Å². The first kappa shape index (κ1) is 33.4. The Morgan fingerprint density at radius 1 is 0.846 bits per heavy atom. The number of aryl methyl sites for hydroxylation is 1. The van der Waals surface area contributed by atoms with Gasteiger partial charge in [0.15, 0.2) is 0 Å². The van der Waals surface area contributed by atoms with Gasteiger partial charge in [-0.15, -0.1) is 0 Å². The first-order chi connectivity index (χ1) is 25.1. The van der Waals surface area contributed by atoms with Crippen LogP contribution in [0.4, 0.5) is 11.4 Å². The fraction of sp³-hybridized carbons (Fsp3) is 0.250. The number of carbonyl (C=O) groups is 4. The van der Waals surface area contributed by atoms with Crippen LogP contribution in [-0.4, -0.2) is 58.0 Å². The van der Waals surface area contributed by atoms with Crippen molar-refractivity contribution in [3.63, 3.8) is 0 Å². The van der Waals surface area contributed by atoms with E-state index >= 15 is 4.79 Å². The Morgan fingerprint density at radius 2 is 1.60 bits per heavy atom. The van der Waals surface area contributed by atoms with Gasteiger partial charge in [-0.1, -0.05) is 77.9 Å². The van der Waals surface area contributed by atoms with Gasteiger partial charge in [0.2, 0.25) is 11.8 Å². The van der Waals surface area contributed by atoms with E-state index in [-0.39, 0.29) is 29.7 Å². The Labute approximate surface area is 300 Å². The number of fused-ring (bicyclic) bond motifs is 4. The van der Waals surface area contributed by atoms with Crippen molar-refractivity contribution < 1.29 is 39.1 Å². The second-order valence-electron chi connectivity index (χ2n) is 14.0. The summed E-state index contributed by atoms with van der Waals surface area (Å²) in [6, 6.07) is 27.3. The molecule has 2 heterocycles. The van der Waals surface area contributed by atoms with Gasteiger partial charge in [0.25, 0.3) is 11.8 Å². The number of hydrazine groups is 1. The fourth-order valence-corrected chi connectivity index (χ4v) is 9.07. The third-order valence-electron chi connectivity index (χ3n) is 11.4. The van der Waals surface area contributed by atoms with Crippen LogP contribution in [0.3, 0.4) is 0 Å². The molecule has 52 heavy (non-hydrogen) atoms. The zero-order chi connectivity index (χ0) is 36.5. The van der Waals surface area contributed by atoms with E-state index in [0.717, 1.165) is 15.5 Å². The lowest BCUT2D eigenvalue weighted by Crippen LogP contribution is -2.53. The quantitative estimate of drug-likeness (QED) is 0.129. The molecule has 4 amide bonds. The number of allylic oxidation sites excluding steroid dienone is 2. The Hall–Kier alpha value is -5.72. The number of anilines is 2. The summed E-state index contributed by atoms with van der Waals surface area (Å²) in [5, 5.41) is 32.4. The highest BCUT2D eigenvalue weighted by Gasteiger charge is 2.70. The second-order valence-corrected chi connectivity index (χ2v) is 14.0. The maximum absolute atomic E-state index is 15.2. The van der Waals surface area contributed by atoms with E-state index in [2.05, 4.69) is 5.43 Å². The monoisotopic (exact) mass is 697 g/mol. The van der Waals surface area contributed by atoms with Crippen LogP contribution in [0.5, 0.6) is 11.5 Å². The molecule has 1 saturated carbocycles. The van der Waals surface area contributed by atoms with Gasteiger partial charge in [0.1, 0.15) is 11.5 Å². The molecule has 11 nitrogen and oxygen atoms in total. The molecular formula is C40H36BN3O8. The van der Waals surface area contributed by atoms with Gasteiger partial charge in [-0.05, 0) is 67.0 Å². The average molecular weight is 698 g/mol. The van der Waals surface area contributed by atoms with Crippen molar-refractivity contribution in [2.75, 3.05) is 17.4 Å². The minimum absolute atomic E-state index is 0.0915. The number of nitrogens with zero attached hydrogens (tertiary/aromatic N) is 2. The summed E-state index contributed by atoms with van der Waals surface area (Å²) in [5.74, 6) is -5.75. The van der Waals surface area contributed by atoms with Crippen LogP contribution in [0, 0.1) is 30.6 Å². The lowest BCUT2D eigenvalue weighted by molar-refractivity contribution is -0.138. The third-order valence-corrected chi connectivity index (χ3v) is 11.4. The lowest BCUT2D eigenvalue weighted by Gasteiger charge is -2.50. The Morgan fingerprint density at radius 3 is 2.29 bits per heavy atom. The number of ether oxygens (including phenoxy) is 1. The molecule has 0 radical (unpaired) electrons. The molecule has 6 atom stereocenters. The molecule has 2 aliphatic carbocycles. The number of phenols is 1. The molecule has 0 unspecified atom stereocenters. The number of benzene rings is 4. The summed E-state index contributed by atoms with van der Waals surface area (Å²) in [6.45, 7) is 1.94. The van der Waals surface area contributed by atoms with E-state index in [1.54, 1.807) is 36.4 Å². The minimum Gasteiger partial charge on any atom is -0.508 e. The molecule has 4 N–H and O–H groups in total. The van der Waals surface area contributed by atoms with E-state index in [0.29, 0.717) is 28.1 Å². The van der Waals surface area contributed by atoms with E-state index in [1.165, 1.54) is 25.3 Å². The van der Waals surface area contributed by atoms with Crippen molar-refractivity contribution >= 4 is 47.6 Å². The topological polar surface area (TPSA) is 157 Å². The maximum Gasteiger partial charge on any atom is 0.488 e. The van der Waals surface area contributed by atoms with Crippen LogP contribution < -0.4 is 20.5 Å². The Kier molecular flexibility index (Phi) is 8.04. The zero-order valence-corrected chi connectivity index (χ0v) is 28.5. The van der Waals surface area contributed by atoms with Crippen LogP contribution >= 0.6 is 0 Å². The standard InChI is InChI=1S/C40H36BN3O8/c1-22-11-13-25(14-12-22)42-44-37(47)32-21-31-28(17-18-30-34(31)38(48)43(36(30)46)26-10-6-9-24(19-26)41(50)51)35(29-16-15-27(52-2)20-33(29)45)40(32,39(44)49)23-7-4-3-5-8-23/h3-17,19-20,30-32,34-35,42,45,50-51H,18,21H2,1-2H3/t30-,31+,32-,34-,35+,40+/m0/s1. The molecular weight excluding hydrogens is 661 g/mol. The number of methoxy groups -OCH3 is 1. The number of imide groups is 2. The van der Waals surface area contributed by atoms with Gasteiger partial charge in [-0.3, -0.25) is 29.5 Å². The van der Waals surface area contributed by atoms with E-state index in [4.69, 9.17) is 4.74 Å². The van der Waals surface area contributed by atoms with Gasteiger partial charge < -0.3 is 19.9 Å². The average Bonchev–Trinajstić information content (AvgIpc) is 3.53. The van der Waals surface area contributed by atoms with Gasteiger partial charge >= 0.3 is 7.12 Å². The summed E-state index contributed by atoms with van der Waals surface area (Å²) < 4.78 is 5.40. The number of amides is 4. The van der Waals surface area contributed by atoms with Crippen molar-refractivity contribution in [3.05, 3.63) is 125 Å². The number of carbonyl (C=O) groups excluding carboxylic acids is 4. The number of aromatic hydroxyl groups is 1. The van der Waals surface area contributed by atoms with E-state index < -0.39 is 65.8 Å². The van der Waals surface area contributed by atoms with Crippen LogP contribution in [0.2, 0.25) is 0 Å². The Balaban J connectivity index is 1.31. The van der Waals surface area contributed by atoms with Gasteiger partial charge in [0.05, 0.1) is 41.7 Å². The number of phenolic OH excluding ortho intramolecular Hbond substituents is 1. The molecule has 0 aromatic heterocycles. The van der Waals surface area contributed by atoms with Crippen LogP contribution in [0.25, 0.3) is 0 Å². The van der Waals surface area contributed by atoms with Gasteiger partial charge in [-0.25, -0.2) is 0 Å². The molecule has 4 aromatic rings. The normalized spacial score (nSPS) is 26.5. The number of nitrogens with one attached hydrogen (secondary N) is 1. The molecule has 0 bridgehead atoms. The largest absolute Gasteiger partial charge is 0.508 e. The molecule has 4 aromatic carbocycles. The molecule has 4 aliphatic rings. The second kappa shape index (κ2) is 12.5. The maximum atomic E-state index is 15.2. The summed E-state index contributed by atoms with van der Waals surface area (Å²) in [4.78, 5) is 59.7. The van der Waals surface area contributed by atoms with Crippen LogP contribution in [0.15, 0.2) is 109 Å². The third kappa shape index (κ3) is 4.89. The molecule has 262 valence electrons. The summed E-state index contributed by atoms with van der Waals surface area (Å²) >= 11 is 0. The number of rotatable bonds is 7. The van der Waals surface area contributed by atoms with Crippen LogP contribution in [-0.2, 0) is 24.6 Å². The molecule has 0 spiro atoms. The smallest absolute Gasteiger partial charge is 0.488 e. The predicted molar refractivity (Wildman–Crippen MR) is 192 cm³/mol. The summed E-state index contributed by atoms with van der Waals surface area (Å²) in [6.07, 6.45) is 2.20. The predicted octanol–water partition coefficient (Wildman–Crippen LogP) is 3.58. The summed E-state index contributed by atoms with van der Waals surface area (Å²) in [5.41, 5.74) is 5.10. The highest BCUT2D eigenvalue weighted by molar-refractivity contribution is 6.58. The summed E-state index contributed by atoms with van der Waals surface area (Å²) in [7, 11) is -0.316. The number of hydrogen-bond donors (Lipinski definition) is 4. The SMILES string of the molecule is COc1ccc([C@H]2C3=CC[C@@H]4C(=O)N(c5cccc(B(O)O)c5)C(=O)[C@@H]4[C@@H]3C[C@H]3C(=O)N(Nc4ccc(C)cc4)C(=O)[C@@]23c2ccccc2)c(O)c1. The molecule has 2 aliphatic heterocycles. The Bertz CT molecular complexity index is 2160. The number of hydrogen-bond acceptors (Lipinski definition) is 9. The van der Waals surface area contributed by atoms with E-state index in [1.807, 2.05) is 55.5 Å². The van der Waals surface area contributed by atoms with Crippen molar-refractivity contribution in [2.45, 2.75) is 31.1 Å². The zero-order valence-electron chi connectivity index (χ0n) is 28.5. The van der Waals surface area contributed by atoms with Crippen molar-refractivity contribution in [3.8, 4) is 11.5 Å². The lowest BCUT2D eigenvalue weighted by atomic mass is 9.49.